The van der Waals surface area contributed by atoms with E-state index in [0.29, 0.717) is 11.1 Å². The predicted octanol–water partition coefficient (Wildman–Crippen LogP) is 4.17. The average Bonchev–Trinajstić information content (AvgIpc) is 3.21. The Kier molecular flexibility index (Phi) is 5.82. The van der Waals surface area contributed by atoms with Crippen LogP contribution in [0.5, 0.6) is 0 Å². The highest BCUT2D eigenvalue weighted by Gasteiger charge is 2.24. The van der Waals surface area contributed by atoms with Crippen molar-refractivity contribution in [2.45, 2.75) is 19.0 Å². The molecule has 3 aromatic rings. The summed E-state index contributed by atoms with van der Waals surface area (Å²) >= 11 is 0. The SMILES string of the molecule is O=Cc1ccccc1-c1ccc(C(=O)N[C@@H]2CCN(Cc3ccccc3)C2)cc1. The van der Waals surface area contributed by atoms with Gasteiger partial charge in [0.05, 0.1) is 0 Å². The number of carbonyl (C=O) groups is 2. The number of aldehydes is 1. The largest absolute Gasteiger partial charge is 0.348 e. The highest BCUT2D eigenvalue weighted by atomic mass is 16.1. The fraction of sp³-hybridized carbons (Fsp3) is 0.200. The van der Waals surface area contributed by atoms with E-state index in [9.17, 15) is 9.59 Å². The molecule has 1 atom stereocenters. The molecule has 0 unspecified atom stereocenters. The Morgan fingerprint density at radius 1 is 0.966 bits per heavy atom. The van der Waals surface area contributed by atoms with Crippen molar-refractivity contribution >= 4 is 12.2 Å². The first kappa shape index (κ1) is 19.1. The summed E-state index contributed by atoms with van der Waals surface area (Å²) in [5, 5.41) is 3.16. The number of rotatable bonds is 6. The molecule has 1 heterocycles. The van der Waals surface area contributed by atoms with Crippen LogP contribution in [-0.2, 0) is 6.54 Å². The Labute approximate surface area is 171 Å². The van der Waals surface area contributed by atoms with Crippen LogP contribution in [0.1, 0.15) is 32.7 Å². The quantitative estimate of drug-likeness (QED) is 0.649. The lowest BCUT2D eigenvalue weighted by Crippen LogP contribution is -2.36. The van der Waals surface area contributed by atoms with Crippen molar-refractivity contribution in [3.8, 4) is 11.1 Å². The third-order valence-corrected chi connectivity index (χ3v) is 5.40. The Bertz CT molecular complexity index is 983. The van der Waals surface area contributed by atoms with Gasteiger partial charge in [0.2, 0.25) is 0 Å². The van der Waals surface area contributed by atoms with Gasteiger partial charge in [-0.3, -0.25) is 14.5 Å². The van der Waals surface area contributed by atoms with Crippen LogP contribution in [0.15, 0.2) is 78.9 Å². The van der Waals surface area contributed by atoms with E-state index in [2.05, 4.69) is 34.5 Å². The minimum absolute atomic E-state index is 0.0493. The van der Waals surface area contributed by atoms with Crippen LogP contribution in [0.4, 0.5) is 0 Å². The van der Waals surface area contributed by atoms with Crippen LogP contribution in [-0.4, -0.2) is 36.2 Å². The Balaban J connectivity index is 1.36. The molecule has 29 heavy (non-hydrogen) atoms. The second kappa shape index (κ2) is 8.84. The van der Waals surface area contributed by atoms with E-state index in [1.807, 2.05) is 48.5 Å². The van der Waals surface area contributed by atoms with Crippen molar-refractivity contribution in [2.24, 2.45) is 0 Å². The van der Waals surface area contributed by atoms with E-state index in [0.717, 1.165) is 43.5 Å². The molecule has 4 heteroatoms. The highest BCUT2D eigenvalue weighted by molar-refractivity contribution is 5.95. The summed E-state index contributed by atoms with van der Waals surface area (Å²) in [6.45, 7) is 2.77. The Hall–Kier alpha value is -3.24. The lowest BCUT2D eigenvalue weighted by Gasteiger charge is -2.17. The maximum Gasteiger partial charge on any atom is 0.251 e. The Morgan fingerprint density at radius 2 is 1.69 bits per heavy atom. The molecular formula is C25H24N2O2. The standard InChI is InChI=1S/C25H24N2O2/c28-18-22-8-4-5-9-24(22)20-10-12-21(13-11-20)25(29)26-23-14-15-27(17-23)16-19-6-2-1-3-7-19/h1-13,18,23H,14-17H2,(H,26,29)/t23-/m1/s1. The Morgan fingerprint density at radius 3 is 2.45 bits per heavy atom. The van der Waals surface area contributed by atoms with Gasteiger partial charge in [0.15, 0.2) is 6.29 Å². The first-order valence-corrected chi connectivity index (χ1v) is 9.95. The first-order chi connectivity index (χ1) is 14.2. The molecule has 1 amide bonds. The van der Waals surface area contributed by atoms with E-state index in [-0.39, 0.29) is 11.9 Å². The molecule has 0 radical (unpaired) electrons. The molecule has 1 aliphatic rings. The predicted molar refractivity (Wildman–Crippen MR) is 115 cm³/mol. The number of benzene rings is 3. The number of hydrogen-bond acceptors (Lipinski definition) is 3. The van der Waals surface area contributed by atoms with Crippen LogP contribution >= 0.6 is 0 Å². The zero-order valence-corrected chi connectivity index (χ0v) is 16.3. The molecule has 0 aliphatic carbocycles. The number of nitrogens with one attached hydrogen (secondary N) is 1. The molecule has 1 N–H and O–H groups in total. The van der Waals surface area contributed by atoms with Gasteiger partial charge in [0, 0.05) is 36.8 Å². The van der Waals surface area contributed by atoms with Gasteiger partial charge in [-0.2, -0.15) is 0 Å². The lowest BCUT2D eigenvalue weighted by molar-refractivity contribution is 0.0937. The summed E-state index contributed by atoms with van der Waals surface area (Å²) in [5.41, 5.74) is 4.39. The van der Waals surface area contributed by atoms with Gasteiger partial charge in [-0.15, -0.1) is 0 Å². The smallest absolute Gasteiger partial charge is 0.251 e. The summed E-state index contributed by atoms with van der Waals surface area (Å²) in [6.07, 6.45) is 1.82. The van der Waals surface area contributed by atoms with Crippen LogP contribution in [0.3, 0.4) is 0 Å². The summed E-state index contributed by atoms with van der Waals surface area (Å²) in [4.78, 5) is 26.3. The fourth-order valence-corrected chi connectivity index (χ4v) is 3.87. The van der Waals surface area contributed by atoms with Crippen LogP contribution < -0.4 is 5.32 Å². The van der Waals surface area contributed by atoms with Crippen molar-refractivity contribution in [1.82, 2.24) is 10.2 Å². The van der Waals surface area contributed by atoms with Gasteiger partial charge in [-0.1, -0.05) is 66.7 Å². The second-order valence-corrected chi connectivity index (χ2v) is 7.46. The van der Waals surface area contributed by atoms with Crippen molar-refractivity contribution < 1.29 is 9.59 Å². The molecule has 1 saturated heterocycles. The number of nitrogens with zero attached hydrogens (tertiary/aromatic N) is 1. The van der Waals surface area contributed by atoms with E-state index < -0.39 is 0 Å². The van der Waals surface area contributed by atoms with E-state index in [1.165, 1.54) is 5.56 Å². The van der Waals surface area contributed by atoms with Gasteiger partial charge in [-0.25, -0.2) is 0 Å². The zero-order valence-electron chi connectivity index (χ0n) is 16.3. The molecule has 1 aliphatic heterocycles. The molecule has 1 fully saturated rings. The summed E-state index contributed by atoms with van der Waals surface area (Å²) < 4.78 is 0. The summed E-state index contributed by atoms with van der Waals surface area (Å²) in [5.74, 6) is -0.0493. The van der Waals surface area contributed by atoms with Crippen molar-refractivity contribution in [3.63, 3.8) is 0 Å². The molecule has 146 valence electrons. The average molecular weight is 384 g/mol. The van der Waals surface area contributed by atoms with Gasteiger partial charge >= 0.3 is 0 Å². The minimum Gasteiger partial charge on any atom is -0.348 e. The summed E-state index contributed by atoms with van der Waals surface area (Å²) in [7, 11) is 0. The molecule has 0 spiro atoms. The van der Waals surface area contributed by atoms with Gasteiger partial charge in [0.1, 0.15) is 0 Å². The lowest BCUT2D eigenvalue weighted by atomic mass is 9.99. The number of likely N-dealkylation sites (tertiary alicyclic amines) is 1. The van der Waals surface area contributed by atoms with E-state index in [1.54, 1.807) is 6.07 Å². The fourth-order valence-electron chi connectivity index (χ4n) is 3.87. The molecule has 0 saturated carbocycles. The number of carbonyl (C=O) groups excluding carboxylic acids is 2. The maximum atomic E-state index is 12.7. The van der Waals surface area contributed by atoms with Crippen molar-refractivity contribution in [2.75, 3.05) is 13.1 Å². The van der Waals surface area contributed by atoms with E-state index >= 15 is 0 Å². The van der Waals surface area contributed by atoms with Crippen LogP contribution in [0, 0.1) is 0 Å². The topological polar surface area (TPSA) is 49.4 Å². The molecule has 0 bridgehead atoms. The molecule has 3 aromatic carbocycles. The maximum absolute atomic E-state index is 12.7. The van der Waals surface area contributed by atoms with Gasteiger partial charge in [0.25, 0.3) is 5.91 Å². The zero-order chi connectivity index (χ0) is 20.1. The van der Waals surface area contributed by atoms with Crippen LogP contribution in [0.2, 0.25) is 0 Å². The van der Waals surface area contributed by atoms with Gasteiger partial charge in [-0.05, 0) is 35.2 Å². The monoisotopic (exact) mass is 384 g/mol. The summed E-state index contributed by atoms with van der Waals surface area (Å²) in [6, 6.07) is 25.5. The molecular weight excluding hydrogens is 360 g/mol. The van der Waals surface area contributed by atoms with Crippen LogP contribution in [0.25, 0.3) is 11.1 Å². The third kappa shape index (κ3) is 4.61. The van der Waals surface area contributed by atoms with Gasteiger partial charge < -0.3 is 5.32 Å². The first-order valence-electron chi connectivity index (χ1n) is 9.95. The molecule has 0 aromatic heterocycles. The highest BCUT2D eigenvalue weighted by Crippen LogP contribution is 2.23. The molecule has 4 rings (SSSR count). The van der Waals surface area contributed by atoms with E-state index in [4.69, 9.17) is 0 Å². The minimum atomic E-state index is -0.0493. The van der Waals surface area contributed by atoms with Crippen molar-refractivity contribution in [3.05, 3.63) is 95.6 Å². The van der Waals surface area contributed by atoms with Crippen molar-refractivity contribution in [1.29, 1.82) is 0 Å². The number of amides is 1. The second-order valence-electron chi connectivity index (χ2n) is 7.46. The third-order valence-electron chi connectivity index (χ3n) is 5.40. The molecule has 4 nitrogen and oxygen atoms in total. The number of hydrogen-bond donors (Lipinski definition) is 1. The normalized spacial score (nSPS) is 16.5.